The highest BCUT2D eigenvalue weighted by Crippen LogP contribution is 2.25. The predicted molar refractivity (Wildman–Crippen MR) is 58.5 cm³/mol. The van der Waals surface area contributed by atoms with E-state index in [-0.39, 0.29) is 7.92 Å². The van der Waals surface area contributed by atoms with Gasteiger partial charge in [0, 0.05) is 0 Å². The minimum Gasteiger partial charge on any atom is -0.113 e. The van der Waals surface area contributed by atoms with Crippen molar-refractivity contribution in [3.8, 4) is 0 Å². The second-order valence-corrected chi connectivity index (χ2v) is 6.09. The van der Waals surface area contributed by atoms with Gasteiger partial charge in [-0.2, -0.15) is 0 Å². The van der Waals surface area contributed by atoms with Gasteiger partial charge in [-0.05, 0) is 44.0 Å². The van der Waals surface area contributed by atoms with E-state index in [2.05, 4.69) is 44.5 Å². The molecular formula is C11H17P. The van der Waals surface area contributed by atoms with Crippen molar-refractivity contribution in [2.45, 2.75) is 13.3 Å². The van der Waals surface area contributed by atoms with Gasteiger partial charge in [-0.15, -0.1) is 7.92 Å². The highest BCUT2D eigenvalue weighted by atomic mass is 31.1. The Morgan fingerprint density at radius 3 is 2.42 bits per heavy atom. The highest BCUT2D eigenvalue weighted by molar-refractivity contribution is 7.55. The third kappa shape index (κ3) is 2.95. The van der Waals surface area contributed by atoms with Crippen molar-refractivity contribution < 1.29 is 0 Å². The van der Waals surface area contributed by atoms with Crippen LogP contribution >= 0.6 is 7.92 Å². The van der Waals surface area contributed by atoms with Crippen LogP contribution in [-0.2, 0) is 6.42 Å². The largest absolute Gasteiger partial charge is 0.113 e. The summed E-state index contributed by atoms with van der Waals surface area (Å²) in [6.07, 6.45) is 2.62. The Balaban J connectivity index is 2.57. The van der Waals surface area contributed by atoms with E-state index in [9.17, 15) is 0 Å². The van der Waals surface area contributed by atoms with E-state index in [4.69, 9.17) is 0 Å². The van der Waals surface area contributed by atoms with Gasteiger partial charge >= 0.3 is 0 Å². The summed E-state index contributed by atoms with van der Waals surface area (Å²) in [6.45, 7) is 6.88. The molecule has 0 aliphatic heterocycles. The molecule has 0 atom stereocenters. The highest BCUT2D eigenvalue weighted by Gasteiger charge is 1.98. The fourth-order valence-electron chi connectivity index (χ4n) is 1.23. The van der Waals surface area contributed by atoms with Crippen LogP contribution in [0.4, 0.5) is 0 Å². The standard InChI is InChI=1S/C11H17P/c1-10-6-4-5-7-11(10)8-9-12(2)3/h4-7H,8-9H2,1-3H3. The van der Waals surface area contributed by atoms with E-state index in [1.54, 1.807) is 0 Å². The molecule has 1 aromatic carbocycles. The zero-order valence-corrected chi connectivity index (χ0v) is 9.07. The molecule has 0 aliphatic rings. The normalized spacial score (nSPS) is 10.7. The second kappa shape index (κ2) is 4.62. The first kappa shape index (κ1) is 9.74. The van der Waals surface area contributed by atoms with Crippen LogP contribution < -0.4 is 0 Å². The van der Waals surface area contributed by atoms with Crippen LogP contribution in [0, 0.1) is 6.92 Å². The molecule has 0 N–H and O–H groups in total. The minimum absolute atomic E-state index is 0.263. The molecule has 66 valence electrons. The van der Waals surface area contributed by atoms with Gasteiger partial charge in [-0.3, -0.25) is 0 Å². The molecule has 0 amide bonds. The zero-order chi connectivity index (χ0) is 8.97. The number of rotatable bonds is 3. The Bertz CT molecular complexity index is 241. The van der Waals surface area contributed by atoms with Gasteiger partial charge in [0.25, 0.3) is 0 Å². The zero-order valence-electron chi connectivity index (χ0n) is 8.17. The van der Waals surface area contributed by atoms with Crippen molar-refractivity contribution in [1.82, 2.24) is 0 Å². The SMILES string of the molecule is Cc1ccccc1CCP(C)C. The number of hydrogen-bond donors (Lipinski definition) is 0. The van der Waals surface area contributed by atoms with Crippen molar-refractivity contribution >= 4 is 7.92 Å². The number of benzene rings is 1. The lowest BCUT2D eigenvalue weighted by atomic mass is 10.1. The third-order valence-electron chi connectivity index (χ3n) is 2.09. The van der Waals surface area contributed by atoms with E-state index in [0.29, 0.717) is 0 Å². The first-order valence-corrected chi connectivity index (χ1v) is 6.81. The monoisotopic (exact) mass is 180 g/mol. The summed E-state index contributed by atoms with van der Waals surface area (Å²) in [5.74, 6) is 0. The molecule has 12 heavy (non-hydrogen) atoms. The molecular weight excluding hydrogens is 163 g/mol. The number of aryl methyl sites for hydroxylation is 2. The summed E-state index contributed by atoms with van der Waals surface area (Å²) in [5.41, 5.74) is 2.96. The van der Waals surface area contributed by atoms with Crippen LogP contribution in [-0.4, -0.2) is 19.5 Å². The van der Waals surface area contributed by atoms with Crippen LogP contribution in [0.1, 0.15) is 11.1 Å². The molecule has 0 spiro atoms. The van der Waals surface area contributed by atoms with Crippen LogP contribution in [0.25, 0.3) is 0 Å². The molecule has 0 saturated heterocycles. The van der Waals surface area contributed by atoms with Gasteiger partial charge in [0.15, 0.2) is 0 Å². The summed E-state index contributed by atoms with van der Waals surface area (Å²) >= 11 is 0. The molecule has 0 radical (unpaired) electrons. The maximum atomic E-state index is 2.34. The van der Waals surface area contributed by atoms with Crippen LogP contribution in [0.15, 0.2) is 24.3 Å². The molecule has 0 aromatic heterocycles. The maximum absolute atomic E-state index is 2.34. The molecule has 0 unspecified atom stereocenters. The van der Waals surface area contributed by atoms with Crippen molar-refractivity contribution in [2.75, 3.05) is 19.5 Å². The van der Waals surface area contributed by atoms with E-state index >= 15 is 0 Å². The summed E-state index contributed by atoms with van der Waals surface area (Å²) in [7, 11) is 0.263. The lowest BCUT2D eigenvalue weighted by molar-refractivity contribution is 1.12. The van der Waals surface area contributed by atoms with Crippen molar-refractivity contribution in [3.63, 3.8) is 0 Å². The van der Waals surface area contributed by atoms with Crippen LogP contribution in [0.5, 0.6) is 0 Å². The smallest absolute Gasteiger partial charge is 0.0237 e. The van der Waals surface area contributed by atoms with E-state index in [1.165, 1.54) is 23.7 Å². The summed E-state index contributed by atoms with van der Waals surface area (Å²) in [4.78, 5) is 0. The van der Waals surface area contributed by atoms with Gasteiger partial charge in [0.2, 0.25) is 0 Å². The molecule has 0 bridgehead atoms. The average molecular weight is 180 g/mol. The Kier molecular flexibility index (Phi) is 3.75. The van der Waals surface area contributed by atoms with Gasteiger partial charge in [-0.1, -0.05) is 24.3 Å². The molecule has 0 saturated carbocycles. The minimum atomic E-state index is 0.263. The molecule has 0 nitrogen and oxygen atoms in total. The average Bonchev–Trinajstić information content (AvgIpc) is 2.03. The van der Waals surface area contributed by atoms with Crippen molar-refractivity contribution in [2.24, 2.45) is 0 Å². The van der Waals surface area contributed by atoms with Gasteiger partial charge < -0.3 is 0 Å². The third-order valence-corrected chi connectivity index (χ3v) is 3.21. The quantitative estimate of drug-likeness (QED) is 0.626. The molecule has 1 rings (SSSR count). The summed E-state index contributed by atoms with van der Waals surface area (Å²) in [5, 5.41) is 0. The first-order chi connectivity index (χ1) is 5.70. The predicted octanol–water partition coefficient (Wildman–Crippen LogP) is 3.28. The number of hydrogen-bond acceptors (Lipinski definition) is 0. The van der Waals surface area contributed by atoms with Crippen LogP contribution in [0.3, 0.4) is 0 Å². The Morgan fingerprint density at radius 2 is 1.83 bits per heavy atom. The summed E-state index contributed by atoms with van der Waals surface area (Å²) < 4.78 is 0. The van der Waals surface area contributed by atoms with Crippen LogP contribution in [0.2, 0.25) is 0 Å². The maximum Gasteiger partial charge on any atom is -0.0237 e. The topological polar surface area (TPSA) is 0 Å². The first-order valence-electron chi connectivity index (χ1n) is 4.39. The van der Waals surface area contributed by atoms with Gasteiger partial charge in [0.05, 0.1) is 0 Å². The molecule has 1 aromatic rings. The Morgan fingerprint density at radius 1 is 1.17 bits per heavy atom. The fourth-order valence-corrected chi connectivity index (χ4v) is 1.92. The lowest BCUT2D eigenvalue weighted by Crippen LogP contribution is -1.92. The molecule has 1 heteroatoms. The van der Waals surface area contributed by atoms with E-state index in [0.717, 1.165) is 0 Å². The Hall–Kier alpha value is -0.350. The molecule has 0 fully saturated rings. The van der Waals surface area contributed by atoms with Gasteiger partial charge in [0.1, 0.15) is 0 Å². The van der Waals surface area contributed by atoms with Crippen molar-refractivity contribution in [3.05, 3.63) is 35.4 Å². The lowest BCUT2D eigenvalue weighted by Gasteiger charge is -2.07. The Labute approximate surface area is 76.8 Å². The van der Waals surface area contributed by atoms with Gasteiger partial charge in [-0.25, -0.2) is 0 Å². The van der Waals surface area contributed by atoms with Crippen molar-refractivity contribution in [1.29, 1.82) is 0 Å². The molecule has 0 aliphatic carbocycles. The summed E-state index contributed by atoms with van der Waals surface area (Å²) in [6, 6.07) is 8.69. The molecule has 0 heterocycles. The fraction of sp³-hybridized carbons (Fsp3) is 0.455. The van der Waals surface area contributed by atoms with E-state index < -0.39 is 0 Å². The second-order valence-electron chi connectivity index (χ2n) is 3.48. The van der Waals surface area contributed by atoms with E-state index in [1.807, 2.05) is 0 Å².